The van der Waals surface area contributed by atoms with Gasteiger partial charge < -0.3 is 14.7 Å². The quantitative estimate of drug-likeness (QED) is 0.474. The minimum absolute atomic E-state index is 0.0997. The molecule has 0 saturated carbocycles. The number of quaternary nitrogens is 1. The van der Waals surface area contributed by atoms with Crippen molar-refractivity contribution in [1.82, 2.24) is 29.9 Å². The zero-order chi connectivity index (χ0) is 28.0. The molecule has 0 bridgehead atoms. The van der Waals surface area contributed by atoms with Crippen LogP contribution in [0.1, 0.15) is 18.6 Å². The van der Waals surface area contributed by atoms with Crippen LogP contribution in [0.25, 0.3) is 22.2 Å². The second-order valence-electron chi connectivity index (χ2n) is 8.02. The van der Waals surface area contributed by atoms with E-state index in [1.54, 1.807) is 53.4 Å². The molecule has 4 aromatic rings. The Labute approximate surface area is 199 Å². The number of aryl methyl sites for hydroxylation is 1. The third-order valence-corrected chi connectivity index (χ3v) is 5.54. The first-order valence-corrected chi connectivity index (χ1v) is 10.4. The molecule has 33 heavy (non-hydrogen) atoms. The number of carbonyl (C=O) groups excluding carboxylic acids is 1. The summed E-state index contributed by atoms with van der Waals surface area (Å²) in [7, 11) is 1.77. The van der Waals surface area contributed by atoms with Gasteiger partial charge in [0.05, 0.1) is 60.2 Å². The molecular weight excluding hydrogens is 418 g/mol. The summed E-state index contributed by atoms with van der Waals surface area (Å²) in [4.78, 5) is 27.9. The minimum Gasteiger partial charge on any atom is -0.345 e. The zero-order valence-corrected chi connectivity index (χ0v) is 17.9. The maximum atomic E-state index is 13.1. The van der Waals surface area contributed by atoms with Crippen LogP contribution in [0.3, 0.4) is 0 Å². The SMILES string of the molecule is [2H]C([2H])([2H])[N+]1(C([2H])([2H])[2H])CCN(c2cc(C(=O)Nc3cc4cc(-c5cn(C)nn5)ncc4cn3)ccn2)CC1. The smallest absolute Gasteiger partial charge is 0.257 e. The van der Waals surface area contributed by atoms with Crippen LogP contribution in [0.2, 0.25) is 0 Å². The molecule has 10 nitrogen and oxygen atoms in total. The average Bonchev–Trinajstić information content (AvgIpc) is 3.33. The number of likely N-dealkylation sites (N-methyl/N-ethyl adjacent to an activating group) is 1. The van der Waals surface area contributed by atoms with Gasteiger partial charge in [-0.1, -0.05) is 5.21 Å². The van der Waals surface area contributed by atoms with Crippen molar-refractivity contribution >= 4 is 28.3 Å². The Kier molecular flexibility index (Phi) is 3.74. The molecule has 1 saturated heterocycles. The van der Waals surface area contributed by atoms with Crippen molar-refractivity contribution in [3.8, 4) is 11.4 Å². The van der Waals surface area contributed by atoms with Crippen LogP contribution >= 0.6 is 0 Å². The molecule has 1 fully saturated rings. The van der Waals surface area contributed by atoms with E-state index in [0.717, 1.165) is 10.8 Å². The number of aromatic nitrogens is 6. The van der Waals surface area contributed by atoms with Gasteiger partial charge in [0.1, 0.15) is 17.3 Å². The molecule has 5 rings (SSSR count). The second kappa shape index (κ2) is 8.21. The molecule has 1 N–H and O–H groups in total. The molecule has 10 heteroatoms. The molecule has 0 unspecified atom stereocenters. The van der Waals surface area contributed by atoms with Crippen molar-refractivity contribution in [2.45, 2.75) is 0 Å². The first-order valence-electron chi connectivity index (χ1n) is 13.4. The number of hydrogen-bond donors (Lipinski definition) is 1. The summed E-state index contributed by atoms with van der Waals surface area (Å²) >= 11 is 0. The number of fused-ring (bicyclic) bond motifs is 1. The predicted molar refractivity (Wildman–Crippen MR) is 126 cm³/mol. The van der Waals surface area contributed by atoms with E-state index >= 15 is 0 Å². The molecule has 0 atom stereocenters. The van der Waals surface area contributed by atoms with Gasteiger partial charge in [-0.25, -0.2) is 9.97 Å². The largest absolute Gasteiger partial charge is 0.345 e. The number of anilines is 2. The first kappa shape index (κ1) is 15.0. The number of nitrogens with one attached hydrogen (secondary N) is 1. The van der Waals surface area contributed by atoms with Gasteiger partial charge in [0.15, 0.2) is 0 Å². The summed E-state index contributed by atoms with van der Waals surface area (Å²) in [5.41, 5.74) is 1.59. The number of hydrogen-bond acceptors (Lipinski definition) is 7. The van der Waals surface area contributed by atoms with E-state index < -0.39 is 24.3 Å². The zero-order valence-electron chi connectivity index (χ0n) is 23.9. The Morgan fingerprint density at radius 3 is 2.64 bits per heavy atom. The highest BCUT2D eigenvalue weighted by Crippen LogP contribution is 2.22. The molecule has 1 aliphatic heterocycles. The van der Waals surface area contributed by atoms with Crippen molar-refractivity contribution in [2.75, 3.05) is 50.3 Å². The molecule has 0 aliphatic carbocycles. The van der Waals surface area contributed by atoms with Gasteiger partial charge in [0.2, 0.25) is 0 Å². The topological polar surface area (TPSA) is 102 Å². The first-order chi connectivity index (χ1) is 18.4. The fourth-order valence-electron chi connectivity index (χ4n) is 3.67. The summed E-state index contributed by atoms with van der Waals surface area (Å²) in [5, 5.41) is 12.4. The van der Waals surface area contributed by atoms with Crippen molar-refractivity contribution in [1.29, 1.82) is 0 Å². The van der Waals surface area contributed by atoms with E-state index in [9.17, 15) is 4.79 Å². The van der Waals surface area contributed by atoms with E-state index in [1.807, 2.05) is 6.07 Å². The molecule has 168 valence electrons. The summed E-state index contributed by atoms with van der Waals surface area (Å²) in [6.45, 7) is -5.21. The Morgan fingerprint density at radius 1 is 1.06 bits per heavy atom. The highest BCUT2D eigenvalue weighted by molar-refractivity contribution is 6.05. The lowest BCUT2D eigenvalue weighted by Crippen LogP contribution is -2.55. The molecule has 0 aromatic carbocycles. The Hall–Kier alpha value is -3.92. The number of rotatable bonds is 4. The molecule has 5 heterocycles. The van der Waals surface area contributed by atoms with Gasteiger partial charge in [-0.05, 0) is 29.7 Å². The van der Waals surface area contributed by atoms with Crippen molar-refractivity contribution < 1.29 is 17.5 Å². The predicted octanol–water partition coefficient (Wildman–Crippen LogP) is 1.97. The maximum absolute atomic E-state index is 13.1. The van der Waals surface area contributed by atoms with Crippen LogP contribution in [0.5, 0.6) is 0 Å². The van der Waals surface area contributed by atoms with Crippen molar-refractivity contribution in [2.24, 2.45) is 7.05 Å². The van der Waals surface area contributed by atoms with Crippen LogP contribution in [-0.4, -0.2) is 80.5 Å². The highest BCUT2D eigenvalue weighted by Gasteiger charge is 2.25. The molecule has 0 radical (unpaired) electrons. The molecular formula is C23H26N9O+. The number of piperazine rings is 1. The third kappa shape index (κ3) is 4.51. The monoisotopic (exact) mass is 450 g/mol. The average molecular weight is 451 g/mol. The highest BCUT2D eigenvalue weighted by atomic mass is 16.1. The fraction of sp³-hybridized carbons (Fsp3) is 0.304. The summed E-state index contributed by atoms with van der Waals surface area (Å²) in [6, 6.07) is 6.74. The van der Waals surface area contributed by atoms with E-state index in [2.05, 4.69) is 30.6 Å². The lowest BCUT2D eigenvalue weighted by Gasteiger charge is -2.39. The van der Waals surface area contributed by atoms with Gasteiger partial charge in [0, 0.05) is 36.6 Å². The number of carbonyl (C=O) groups is 1. The van der Waals surface area contributed by atoms with Crippen LogP contribution in [0.15, 0.2) is 49.1 Å². The van der Waals surface area contributed by atoms with Crippen LogP contribution in [0.4, 0.5) is 11.6 Å². The minimum atomic E-state index is -2.68. The van der Waals surface area contributed by atoms with Crippen LogP contribution in [0, 0.1) is 0 Å². The van der Waals surface area contributed by atoms with Gasteiger partial charge in [-0.2, -0.15) is 0 Å². The number of amides is 1. The van der Waals surface area contributed by atoms with Gasteiger partial charge in [0.25, 0.3) is 5.91 Å². The maximum Gasteiger partial charge on any atom is 0.257 e. The van der Waals surface area contributed by atoms with E-state index in [0.29, 0.717) is 28.6 Å². The Bertz CT molecular complexity index is 1510. The van der Waals surface area contributed by atoms with Crippen molar-refractivity contribution in [3.63, 3.8) is 0 Å². The van der Waals surface area contributed by atoms with Crippen molar-refractivity contribution in [3.05, 3.63) is 54.6 Å². The van der Waals surface area contributed by atoms with E-state index in [4.69, 9.17) is 8.22 Å². The standard InChI is InChI=1S/C23H25N9O/c1-30-15-20(28-29-30)19-10-17-11-21(26-14-18(17)13-25-19)27-23(33)16-4-5-24-22(12-16)31-6-8-32(2,3)9-7-31/h4-5,10-15H,6-9H2,1-3H3/p+1/i2D3,3D3. The molecule has 4 aromatic heterocycles. The molecule has 0 spiro atoms. The second-order valence-corrected chi connectivity index (χ2v) is 8.02. The van der Waals surface area contributed by atoms with Gasteiger partial charge >= 0.3 is 0 Å². The van der Waals surface area contributed by atoms with Crippen LogP contribution in [-0.2, 0) is 7.05 Å². The fourth-order valence-corrected chi connectivity index (χ4v) is 3.67. The van der Waals surface area contributed by atoms with E-state index in [-0.39, 0.29) is 26.2 Å². The lowest BCUT2D eigenvalue weighted by molar-refractivity contribution is -0.890. The summed E-state index contributed by atoms with van der Waals surface area (Å²) in [6.07, 6.45) is 6.54. The normalized spacial score (nSPS) is 19.0. The number of pyridine rings is 3. The van der Waals surface area contributed by atoms with Crippen LogP contribution < -0.4 is 10.2 Å². The Morgan fingerprint density at radius 2 is 1.88 bits per heavy atom. The Balaban J connectivity index is 1.32. The lowest BCUT2D eigenvalue weighted by atomic mass is 10.1. The third-order valence-electron chi connectivity index (χ3n) is 5.54. The molecule has 1 aliphatic rings. The summed E-state index contributed by atoms with van der Waals surface area (Å²) < 4.78 is 47.7. The molecule has 1 amide bonds. The summed E-state index contributed by atoms with van der Waals surface area (Å²) in [5.74, 6) is 0.404. The van der Waals surface area contributed by atoms with E-state index in [1.165, 1.54) is 6.20 Å². The van der Waals surface area contributed by atoms with Gasteiger partial charge in [-0.3, -0.25) is 14.5 Å². The van der Waals surface area contributed by atoms with Gasteiger partial charge in [-0.15, -0.1) is 5.10 Å². The number of nitrogens with zero attached hydrogens (tertiary/aromatic N) is 8.